The molecule has 2 bridgehead atoms. The highest BCUT2D eigenvalue weighted by molar-refractivity contribution is 5.97. The van der Waals surface area contributed by atoms with Crippen LogP contribution in [0.2, 0.25) is 0 Å². The largest absolute Gasteiger partial charge is 0.469 e. The molecule has 2 amide bonds. The van der Waals surface area contributed by atoms with E-state index in [1.165, 1.54) is 0 Å². The van der Waals surface area contributed by atoms with Crippen molar-refractivity contribution in [2.75, 3.05) is 0 Å². The van der Waals surface area contributed by atoms with E-state index < -0.39 is 5.76 Å². The highest BCUT2D eigenvalue weighted by atomic mass is 16.4. The van der Waals surface area contributed by atoms with Crippen molar-refractivity contribution in [3.8, 4) is 0 Å². The number of rotatable bonds is 4. The SMILES string of the molecule is O=C(Cc1ccco1)N[C@@H]1C[C@H]2CC[C@@H]1N2C(=O)c1ccc2[nH]c(=O)oc2c1. The number of hydrogen-bond donors (Lipinski definition) is 2. The Labute approximate surface area is 159 Å². The van der Waals surface area contributed by atoms with Crippen LogP contribution in [0.1, 0.15) is 35.4 Å². The number of amides is 2. The molecular formula is C20H19N3O5. The Morgan fingerprint density at radius 3 is 2.96 bits per heavy atom. The number of oxazole rings is 1. The standard InChI is InChI=1S/C20H19N3O5/c24-18(10-13-2-1-7-27-13)21-15-9-12-4-6-16(15)23(12)19(25)11-3-5-14-17(8-11)28-20(26)22-14/h1-3,5,7-8,12,15-16H,4,6,9-10H2,(H,21,24)(H,22,26)/t12-,15-,16+/m1/s1. The Hall–Kier alpha value is -3.29. The Morgan fingerprint density at radius 1 is 1.25 bits per heavy atom. The molecule has 2 aliphatic rings. The summed E-state index contributed by atoms with van der Waals surface area (Å²) >= 11 is 0. The van der Waals surface area contributed by atoms with E-state index >= 15 is 0 Å². The van der Waals surface area contributed by atoms with Gasteiger partial charge in [0.2, 0.25) is 5.91 Å². The van der Waals surface area contributed by atoms with E-state index in [2.05, 4.69) is 10.3 Å². The minimum Gasteiger partial charge on any atom is -0.469 e. The Kier molecular flexibility index (Phi) is 3.85. The van der Waals surface area contributed by atoms with Crippen LogP contribution in [0, 0.1) is 0 Å². The van der Waals surface area contributed by atoms with Gasteiger partial charge in [-0.15, -0.1) is 0 Å². The van der Waals surface area contributed by atoms with Crippen molar-refractivity contribution in [3.05, 3.63) is 58.5 Å². The molecule has 28 heavy (non-hydrogen) atoms. The third kappa shape index (κ3) is 2.81. The van der Waals surface area contributed by atoms with Gasteiger partial charge >= 0.3 is 5.76 Å². The van der Waals surface area contributed by atoms with E-state index in [0.717, 1.165) is 19.3 Å². The maximum atomic E-state index is 13.1. The summed E-state index contributed by atoms with van der Waals surface area (Å²) in [7, 11) is 0. The number of nitrogens with zero attached hydrogens (tertiary/aromatic N) is 1. The fraction of sp³-hybridized carbons (Fsp3) is 0.350. The van der Waals surface area contributed by atoms with Crippen LogP contribution in [0.3, 0.4) is 0 Å². The second-order valence-electron chi connectivity index (χ2n) is 7.40. The highest BCUT2D eigenvalue weighted by Gasteiger charge is 2.49. The number of hydrogen-bond acceptors (Lipinski definition) is 5. The first-order valence-electron chi connectivity index (χ1n) is 9.36. The van der Waals surface area contributed by atoms with Crippen LogP contribution < -0.4 is 11.1 Å². The number of aromatic amines is 1. The first-order valence-corrected chi connectivity index (χ1v) is 9.36. The molecule has 4 heterocycles. The zero-order valence-electron chi connectivity index (χ0n) is 15.0. The van der Waals surface area contributed by atoms with Crippen LogP contribution in [0.25, 0.3) is 11.1 Å². The van der Waals surface area contributed by atoms with Gasteiger partial charge in [0.1, 0.15) is 5.76 Å². The van der Waals surface area contributed by atoms with Gasteiger partial charge in [0.05, 0.1) is 30.3 Å². The second kappa shape index (κ2) is 6.40. The summed E-state index contributed by atoms with van der Waals surface area (Å²) in [4.78, 5) is 41.2. The maximum absolute atomic E-state index is 13.1. The fourth-order valence-electron chi connectivity index (χ4n) is 4.52. The molecule has 0 aliphatic carbocycles. The van der Waals surface area contributed by atoms with E-state index in [4.69, 9.17) is 8.83 Å². The highest BCUT2D eigenvalue weighted by Crippen LogP contribution is 2.39. The number of fused-ring (bicyclic) bond motifs is 3. The molecule has 0 unspecified atom stereocenters. The van der Waals surface area contributed by atoms with E-state index in [0.29, 0.717) is 22.4 Å². The predicted molar refractivity (Wildman–Crippen MR) is 98.8 cm³/mol. The van der Waals surface area contributed by atoms with Crippen LogP contribution in [0.4, 0.5) is 0 Å². The summed E-state index contributed by atoms with van der Waals surface area (Å²) in [5.74, 6) is -0.119. The second-order valence-corrected chi connectivity index (χ2v) is 7.40. The molecule has 3 aromatic rings. The smallest absolute Gasteiger partial charge is 0.417 e. The molecule has 2 fully saturated rings. The van der Waals surface area contributed by atoms with Gasteiger partial charge in [0.25, 0.3) is 5.91 Å². The number of benzene rings is 1. The molecule has 0 saturated carbocycles. The first-order chi connectivity index (χ1) is 13.6. The predicted octanol–water partition coefficient (Wildman–Crippen LogP) is 1.82. The van der Waals surface area contributed by atoms with Crippen LogP contribution in [-0.4, -0.2) is 39.8 Å². The van der Waals surface area contributed by atoms with Crippen LogP contribution in [0.5, 0.6) is 0 Å². The van der Waals surface area contributed by atoms with Crippen molar-refractivity contribution in [1.29, 1.82) is 0 Å². The van der Waals surface area contributed by atoms with Crippen molar-refractivity contribution in [3.63, 3.8) is 0 Å². The van der Waals surface area contributed by atoms with Crippen LogP contribution in [0.15, 0.2) is 50.2 Å². The molecule has 0 spiro atoms. The Balaban J connectivity index is 1.32. The third-order valence-electron chi connectivity index (χ3n) is 5.70. The van der Waals surface area contributed by atoms with E-state index in [-0.39, 0.29) is 36.4 Å². The molecular weight excluding hydrogens is 362 g/mol. The van der Waals surface area contributed by atoms with Crippen LogP contribution >= 0.6 is 0 Å². The molecule has 2 aliphatic heterocycles. The van der Waals surface area contributed by atoms with Crippen molar-refractivity contribution in [2.45, 2.75) is 43.8 Å². The van der Waals surface area contributed by atoms with Gasteiger partial charge in [-0.1, -0.05) is 0 Å². The van der Waals surface area contributed by atoms with Gasteiger partial charge in [0, 0.05) is 11.6 Å². The van der Waals surface area contributed by atoms with E-state index in [9.17, 15) is 14.4 Å². The number of carbonyl (C=O) groups is 2. The van der Waals surface area contributed by atoms with Gasteiger partial charge in [-0.25, -0.2) is 4.79 Å². The van der Waals surface area contributed by atoms with E-state index in [1.807, 2.05) is 4.90 Å². The molecule has 144 valence electrons. The summed E-state index contributed by atoms with van der Waals surface area (Å²) in [6, 6.07) is 8.52. The zero-order valence-corrected chi connectivity index (χ0v) is 15.0. The average molecular weight is 381 g/mol. The Bertz CT molecular complexity index is 1100. The Morgan fingerprint density at radius 2 is 2.14 bits per heavy atom. The van der Waals surface area contributed by atoms with Crippen LogP contribution in [-0.2, 0) is 11.2 Å². The number of nitrogens with one attached hydrogen (secondary N) is 2. The minimum atomic E-state index is -0.542. The summed E-state index contributed by atoms with van der Waals surface area (Å²) in [5, 5.41) is 3.06. The molecule has 3 atom stereocenters. The van der Waals surface area contributed by atoms with Crippen molar-refractivity contribution < 1.29 is 18.4 Å². The number of furan rings is 1. The molecule has 1 aromatic carbocycles. The fourth-order valence-corrected chi connectivity index (χ4v) is 4.52. The minimum absolute atomic E-state index is 0.0213. The molecule has 8 nitrogen and oxygen atoms in total. The van der Waals surface area contributed by atoms with Gasteiger partial charge in [-0.3, -0.25) is 14.6 Å². The van der Waals surface area contributed by atoms with Crippen molar-refractivity contribution in [2.24, 2.45) is 0 Å². The summed E-state index contributed by atoms with van der Waals surface area (Å²) < 4.78 is 10.3. The summed E-state index contributed by atoms with van der Waals surface area (Å²) in [6.07, 6.45) is 4.29. The molecule has 2 aromatic heterocycles. The van der Waals surface area contributed by atoms with Gasteiger partial charge in [-0.2, -0.15) is 0 Å². The lowest BCUT2D eigenvalue weighted by atomic mass is 9.95. The molecule has 2 saturated heterocycles. The molecule has 0 radical (unpaired) electrons. The lowest BCUT2D eigenvalue weighted by Gasteiger charge is -2.25. The summed E-state index contributed by atoms with van der Waals surface area (Å²) in [6.45, 7) is 0. The topological polar surface area (TPSA) is 109 Å². The number of aromatic nitrogens is 1. The summed E-state index contributed by atoms with van der Waals surface area (Å²) in [5.41, 5.74) is 1.41. The number of H-pyrrole nitrogens is 1. The quantitative estimate of drug-likeness (QED) is 0.717. The van der Waals surface area contributed by atoms with Gasteiger partial charge in [0.15, 0.2) is 5.58 Å². The van der Waals surface area contributed by atoms with Gasteiger partial charge in [-0.05, 0) is 49.6 Å². The monoisotopic (exact) mass is 381 g/mol. The van der Waals surface area contributed by atoms with E-state index in [1.54, 1.807) is 36.6 Å². The molecule has 5 rings (SSSR count). The molecule has 2 N–H and O–H groups in total. The zero-order chi connectivity index (χ0) is 19.3. The maximum Gasteiger partial charge on any atom is 0.417 e. The van der Waals surface area contributed by atoms with Gasteiger partial charge < -0.3 is 19.1 Å². The lowest BCUT2D eigenvalue weighted by Crippen LogP contribution is -2.45. The lowest BCUT2D eigenvalue weighted by molar-refractivity contribution is -0.121. The normalized spacial score (nSPS) is 23.4. The molecule has 8 heteroatoms. The number of carbonyl (C=O) groups excluding carboxylic acids is 2. The van der Waals surface area contributed by atoms with Crippen molar-refractivity contribution >= 4 is 22.9 Å². The third-order valence-corrected chi connectivity index (χ3v) is 5.70. The average Bonchev–Trinajstić information content (AvgIpc) is 3.43. The van der Waals surface area contributed by atoms with Crippen molar-refractivity contribution in [1.82, 2.24) is 15.2 Å². The first kappa shape index (κ1) is 16.9.